The van der Waals surface area contributed by atoms with Crippen molar-refractivity contribution in [3.63, 3.8) is 0 Å². The van der Waals surface area contributed by atoms with E-state index in [0.717, 1.165) is 128 Å². The second kappa shape index (κ2) is 71.5. The van der Waals surface area contributed by atoms with Crippen LogP contribution in [0.2, 0.25) is 0 Å². The second-order valence-corrected chi connectivity index (χ2v) is 36.6. The maximum Gasteiger partial charge on any atom is 0.472 e. The van der Waals surface area contributed by atoms with Gasteiger partial charge in [-0.1, -0.05) is 381 Å². The Kier molecular flexibility index (Phi) is 66.5. The van der Waals surface area contributed by atoms with E-state index >= 15 is 0 Å². The molecule has 2 saturated heterocycles. The van der Waals surface area contributed by atoms with Crippen LogP contribution in [0.25, 0.3) is 0 Å². The minimum absolute atomic E-state index is 0.0174. The number of unbranched alkanes of at least 4 members (excludes halogenated alkanes) is 51. The average molecular weight is 1720 g/mol. The first kappa shape index (κ1) is 111. The second-order valence-electron chi connectivity index (χ2n) is 35.2. The van der Waals surface area contributed by atoms with Crippen LogP contribution in [0.3, 0.4) is 0 Å². The maximum absolute atomic E-state index is 14.9. The number of phosphoric ester groups is 1. The van der Waals surface area contributed by atoms with Crippen molar-refractivity contribution < 1.29 is 122 Å². The number of carbonyl (C=O) groups excluding carboxylic acids is 4. The largest absolute Gasteiger partial charge is 0.472 e. The van der Waals surface area contributed by atoms with Crippen molar-refractivity contribution in [2.24, 2.45) is 5.92 Å². The van der Waals surface area contributed by atoms with E-state index in [4.69, 9.17) is 46.9 Å². The number of hydrogen-bond donors (Lipinski definition) is 10. The fourth-order valence-corrected chi connectivity index (χ4v) is 17.4. The third-order valence-electron chi connectivity index (χ3n) is 24.3. The quantitative estimate of drug-likeness (QED) is 0.0117. The molecule has 2 aliphatic heterocycles. The van der Waals surface area contributed by atoms with E-state index in [2.05, 4.69) is 34.6 Å². The SMILES string of the molecule is CCCCCCCCCCCCCCCCCCC(=O)OCC(COP(=O)(O)OC1C(OC2OC(CO)C(O)C(O)C2O)C(O)C(O)C(OC(=O)CCCCCCCCCCCCCCCCC)C1OC1OC(COC(=O)CCCCCCCCC(C)CCCCCCCC)C(O)C(O)C1O)OC(=O)CCCCCCCCCCCCCCC. The van der Waals surface area contributed by atoms with Crippen LogP contribution < -0.4 is 0 Å². The molecule has 19 atom stereocenters. The Bertz CT molecular complexity index is 2490. The normalized spacial score (nSPS) is 25.0. The number of hydrogen-bond acceptors (Lipinski definition) is 24. The molecule has 119 heavy (non-hydrogen) atoms. The van der Waals surface area contributed by atoms with Crippen molar-refractivity contribution in [3.05, 3.63) is 0 Å². The zero-order chi connectivity index (χ0) is 86.9. The van der Waals surface area contributed by atoms with Gasteiger partial charge in [-0.3, -0.25) is 28.2 Å². The van der Waals surface area contributed by atoms with Crippen LogP contribution in [0.1, 0.15) is 433 Å². The van der Waals surface area contributed by atoms with Gasteiger partial charge in [0.25, 0.3) is 0 Å². The highest BCUT2D eigenvalue weighted by Crippen LogP contribution is 2.49. The molecular formula is C93H175O25P. The number of ether oxygens (including phenoxy) is 8. The van der Waals surface area contributed by atoms with Crippen LogP contribution in [0.4, 0.5) is 0 Å². The van der Waals surface area contributed by atoms with Gasteiger partial charge in [0, 0.05) is 25.7 Å². The van der Waals surface area contributed by atoms with E-state index in [1.165, 1.54) is 212 Å². The van der Waals surface area contributed by atoms with Gasteiger partial charge in [-0.2, -0.15) is 0 Å². The number of carbonyl (C=O) groups is 4. The van der Waals surface area contributed by atoms with Gasteiger partial charge in [0.15, 0.2) is 24.8 Å². The van der Waals surface area contributed by atoms with Gasteiger partial charge in [-0.05, 0) is 31.6 Å². The molecule has 26 heteroatoms. The minimum Gasteiger partial charge on any atom is -0.463 e. The van der Waals surface area contributed by atoms with Gasteiger partial charge in [-0.25, -0.2) is 4.57 Å². The van der Waals surface area contributed by atoms with Gasteiger partial charge in [0.1, 0.15) is 92.6 Å². The van der Waals surface area contributed by atoms with Crippen LogP contribution in [0.15, 0.2) is 0 Å². The van der Waals surface area contributed by atoms with Crippen molar-refractivity contribution in [2.45, 2.75) is 537 Å². The molecule has 25 nitrogen and oxygen atoms in total. The number of rotatable bonds is 79. The van der Waals surface area contributed by atoms with E-state index < -0.39 is 162 Å². The molecule has 2 heterocycles. The van der Waals surface area contributed by atoms with E-state index in [0.29, 0.717) is 38.0 Å². The number of phosphoric acid groups is 1. The smallest absolute Gasteiger partial charge is 0.463 e. The van der Waals surface area contributed by atoms with Crippen LogP contribution in [-0.4, -0.2) is 205 Å². The lowest BCUT2D eigenvalue weighted by Crippen LogP contribution is -2.70. The number of aliphatic hydroxyl groups is 9. The summed E-state index contributed by atoms with van der Waals surface area (Å²) in [5.74, 6) is -2.25. The first-order valence-corrected chi connectivity index (χ1v) is 50.2. The molecule has 0 spiro atoms. The molecule has 1 aliphatic carbocycles. The fraction of sp³-hybridized carbons (Fsp3) is 0.957. The first-order valence-electron chi connectivity index (χ1n) is 48.7. The highest BCUT2D eigenvalue weighted by molar-refractivity contribution is 7.47. The van der Waals surface area contributed by atoms with E-state index in [9.17, 15) is 74.6 Å². The monoisotopic (exact) mass is 1720 g/mol. The van der Waals surface area contributed by atoms with E-state index in [-0.39, 0.29) is 25.7 Å². The van der Waals surface area contributed by atoms with Crippen LogP contribution in [0.5, 0.6) is 0 Å². The summed E-state index contributed by atoms with van der Waals surface area (Å²) in [6.45, 7) is 7.97. The molecule has 0 bridgehead atoms. The predicted octanol–water partition coefficient (Wildman–Crippen LogP) is 18.4. The highest BCUT2D eigenvalue weighted by atomic mass is 31.2. The molecule has 0 amide bonds. The van der Waals surface area contributed by atoms with Gasteiger partial charge in [0.05, 0.1) is 13.2 Å². The fourth-order valence-electron chi connectivity index (χ4n) is 16.4. The molecule has 0 aromatic rings. The van der Waals surface area contributed by atoms with Gasteiger partial charge in [0.2, 0.25) is 0 Å². The Morgan fingerprint density at radius 3 is 1.00 bits per heavy atom. The van der Waals surface area contributed by atoms with Crippen LogP contribution in [-0.2, 0) is 70.7 Å². The van der Waals surface area contributed by atoms with Crippen molar-refractivity contribution in [2.75, 3.05) is 26.4 Å². The summed E-state index contributed by atoms with van der Waals surface area (Å²) in [5, 5.41) is 102. The lowest BCUT2D eigenvalue weighted by molar-refractivity contribution is -0.360. The summed E-state index contributed by atoms with van der Waals surface area (Å²) in [4.78, 5) is 66.6. The molecule has 0 aromatic heterocycles. The summed E-state index contributed by atoms with van der Waals surface area (Å²) < 4.78 is 73.6. The van der Waals surface area contributed by atoms with Gasteiger partial charge >= 0.3 is 31.7 Å². The summed E-state index contributed by atoms with van der Waals surface area (Å²) >= 11 is 0. The molecule has 3 rings (SSSR count). The molecule has 1 saturated carbocycles. The maximum atomic E-state index is 14.9. The molecule has 10 N–H and O–H groups in total. The predicted molar refractivity (Wildman–Crippen MR) is 463 cm³/mol. The minimum atomic E-state index is -5.80. The molecule has 0 radical (unpaired) electrons. The standard InChI is InChI=1S/C93H175O25P/c1-6-10-14-18-22-25-28-31-33-35-37-39-42-45-52-58-64-76(95)109-69-73(112-78(97)66-60-54-46-43-40-36-30-27-24-20-16-12-8-3)70-111-119(107,108)118-91-89(116-92-86(105)82(101)80(99)74(68-94)113-92)85(104)84(103)88(115-79(98)67-61-55-47-44-41-38-34-32-29-26-23-19-15-11-7-2)90(91)117-93-87(106)83(102)81(100)75(114-93)71-110-77(96)65-59-53-49-48-51-57-63-72(5)62-56-50-21-17-13-9-4/h72-75,80-94,99-106H,6-71H2,1-5H3,(H,107,108). The lowest BCUT2D eigenvalue weighted by Gasteiger charge is -2.50. The van der Waals surface area contributed by atoms with Crippen LogP contribution in [0, 0.1) is 5.92 Å². The summed E-state index contributed by atoms with van der Waals surface area (Å²) in [7, 11) is -5.80. The molecule has 3 fully saturated rings. The lowest BCUT2D eigenvalue weighted by atomic mass is 9.84. The Hall–Kier alpha value is -2.53. The van der Waals surface area contributed by atoms with Crippen molar-refractivity contribution in [1.29, 1.82) is 0 Å². The highest BCUT2D eigenvalue weighted by Gasteiger charge is 2.60. The number of esters is 4. The third-order valence-corrected chi connectivity index (χ3v) is 25.2. The zero-order valence-corrected chi connectivity index (χ0v) is 76.0. The summed E-state index contributed by atoms with van der Waals surface area (Å²) in [5.41, 5.74) is 0. The van der Waals surface area contributed by atoms with Gasteiger partial charge < -0.3 is 88.7 Å². The zero-order valence-electron chi connectivity index (χ0n) is 75.1. The Labute approximate surface area is 719 Å². The van der Waals surface area contributed by atoms with E-state index in [1.807, 2.05) is 0 Å². The van der Waals surface area contributed by atoms with Crippen LogP contribution >= 0.6 is 7.82 Å². The topological polar surface area (TPSA) is 380 Å². The van der Waals surface area contributed by atoms with E-state index in [1.54, 1.807) is 0 Å². The average Bonchev–Trinajstić information content (AvgIpc) is 0.750. The molecule has 0 aromatic carbocycles. The summed E-state index contributed by atoms with van der Waals surface area (Å²) in [6.07, 6.45) is 28.0. The van der Waals surface area contributed by atoms with Gasteiger partial charge in [-0.15, -0.1) is 0 Å². The van der Waals surface area contributed by atoms with Crippen molar-refractivity contribution in [1.82, 2.24) is 0 Å². The molecular weight excluding hydrogens is 1550 g/mol. The summed E-state index contributed by atoms with van der Waals surface area (Å²) in [6, 6.07) is 0. The number of aliphatic hydroxyl groups excluding tert-OH is 9. The third kappa shape index (κ3) is 51.8. The van der Waals surface area contributed by atoms with Crippen molar-refractivity contribution >= 4 is 31.7 Å². The Balaban J connectivity index is 1.90. The molecule has 19 unspecified atom stereocenters. The molecule has 3 aliphatic rings. The Morgan fingerprint density at radius 1 is 0.328 bits per heavy atom. The Morgan fingerprint density at radius 2 is 0.630 bits per heavy atom. The van der Waals surface area contributed by atoms with Crippen molar-refractivity contribution in [3.8, 4) is 0 Å². The first-order chi connectivity index (χ1) is 57.6. The molecule has 702 valence electrons.